The van der Waals surface area contributed by atoms with Crippen molar-refractivity contribution in [2.75, 3.05) is 45.2 Å². The summed E-state index contributed by atoms with van der Waals surface area (Å²) >= 11 is 3.50. The Kier molecular flexibility index (Phi) is 8.32. The lowest BCUT2D eigenvalue weighted by Gasteiger charge is -2.31. The van der Waals surface area contributed by atoms with E-state index >= 15 is 0 Å². The predicted molar refractivity (Wildman–Crippen MR) is 130 cm³/mol. The number of amides is 1. The van der Waals surface area contributed by atoms with Crippen LogP contribution in [0.4, 0.5) is 5.69 Å². The monoisotopic (exact) mass is 523 g/mol. The number of hydrogen-bond acceptors (Lipinski definition) is 5. The van der Waals surface area contributed by atoms with Gasteiger partial charge in [0.2, 0.25) is 10.0 Å². The van der Waals surface area contributed by atoms with Gasteiger partial charge in [-0.15, -0.1) is 0 Å². The van der Waals surface area contributed by atoms with E-state index in [0.717, 1.165) is 10.9 Å². The summed E-state index contributed by atoms with van der Waals surface area (Å²) in [6, 6.07) is 12.1. The minimum atomic E-state index is -3.53. The average molecular weight is 524 g/mol. The van der Waals surface area contributed by atoms with E-state index < -0.39 is 10.0 Å². The molecule has 32 heavy (non-hydrogen) atoms. The summed E-state index contributed by atoms with van der Waals surface area (Å²) in [6.07, 6.45) is 1.05. The molecule has 0 aromatic heterocycles. The van der Waals surface area contributed by atoms with Crippen LogP contribution in [-0.2, 0) is 14.8 Å². The molecule has 1 atom stereocenters. The zero-order valence-corrected chi connectivity index (χ0v) is 21.1. The van der Waals surface area contributed by atoms with Crippen molar-refractivity contribution < 1.29 is 17.9 Å². The summed E-state index contributed by atoms with van der Waals surface area (Å²) in [4.78, 5) is 14.6. The summed E-state index contributed by atoms with van der Waals surface area (Å²) in [5, 5.41) is 2.74. The number of benzene rings is 2. The Bertz CT molecular complexity index is 1040. The van der Waals surface area contributed by atoms with E-state index in [1.165, 1.54) is 22.0 Å². The highest BCUT2D eigenvalue weighted by atomic mass is 79.9. The highest BCUT2D eigenvalue weighted by molar-refractivity contribution is 9.10. The average Bonchev–Trinajstić information content (AvgIpc) is 2.78. The maximum Gasteiger partial charge on any atom is 0.262 e. The standard InChI is InChI=1S/C23H30BrN3O4S/c1-4-17(2)18-5-10-22(21(24)15-18)31-16-23(28)25-19-6-8-20(9-7-19)32(29,30)27-13-11-26(3)12-14-27/h5-10,15,17H,4,11-14,16H2,1-3H3,(H,25,28). The van der Waals surface area contributed by atoms with Crippen LogP contribution in [0.1, 0.15) is 31.7 Å². The van der Waals surface area contributed by atoms with E-state index in [0.29, 0.717) is 43.5 Å². The summed E-state index contributed by atoms with van der Waals surface area (Å²) in [6.45, 7) is 6.53. The van der Waals surface area contributed by atoms with Gasteiger partial charge >= 0.3 is 0 Å². The van der Waals surface area contributed by atoms with Crippen molar-refractivity contribution >= 4 is 37.5 Å². The Morgan fingerprint density at radius 1 is 1.12 bits per heavy atom. The molecule has 2 aromatic rings. The molecule has 1 saturated heterocycles. The molecular formula is C23H30BrN3O4S. The highest BCUT2D eigenvalue weighted by Gasteiger charge is 2.27. The van der Waals surface area contributed by atoms with Gasteiger partial charge in [0.05, 0.1) is 9.37 Å². The molecule has 2 aromatic carbocycles. The first-order valence-corrected chi connectivity index (χ1v) is 12.9. The van der Waals surface area contributed by atoms with E-state index in [1.807, 2.05) is 25.2 Å². The normalized spacial score (nSPS) is 16.5. The largest absolute Gasteiger partial charge is 0.483 e. The van der Waals surface area contributed by atoms with Crippen molar-refractivity contribution in [3.63, 3.8) is 0 Å². The molecule has 0 aliphatic carbocycles. The molecule has 0 saturated carbocycles. The fourth-order valence-corrected chi connectivity index (χ4v) is 5.34. The summed E-state index contributed by atoms with van der Waals surface area (Å²) in [5.74, 6) is 0.727. The molecule has 0 radical (unpaired) electrons. The van der Waals surface area contributed by atoms with Gasteiger partial charge in [0.1, 0.15) is 5.75 Å². The van der Waals surface area contributed by atoms with Gasteiger partial charge in [-0.25, -0.2) is 8.42 Å². The molecular weight excluding hydrogens is 494 g/mol. The number of carbonyl (C=O) groups excluding carboxylic acids is 1. The third kappa shape index (κ3) is 6.10. The fraction of sp³-hybridized carbons (Fsp3) is 0.435. The second kappa shape index (κ2) is 10.8. The van der Waals surface area contributed by atoms with E-state index in [9.17, 15) is 13.2 Å². The van der Waals surface area contributed by atoms with Gasteiger partial charge in [0, 0.05) is 31.9 Å². The van der Waals surface area contributed by atoms with Crippen LogP contribution in [0.25, 0.3) is 0 Å². The third-order valence-electron chi connectivity index (χ3n) is 5.73. The van der Waals surface area contributed by atoms with Crippen LogP contribution in [0.15, 0.2) is 51.8 Å². The first kappa shape index (κ1) is 24.7. The molecule has 1 heterocycles. The molecule has 174 valence electrons. The maximum absolute atomic E-state index is 12.8. The Balaban J connectivity index is 1.56. The number of rotatable bonds is 8. The molecule has 0 bridgehead atoms. The molecule has 1 N–H and O–H groups in total. The molecule has 1 aliphatic rings. The number of nitrogens with zero attached hydrogens (tertiary/aromatic N) is 2. The van der Waals surface area contributed by atoms with Crippen molar-refractivity contribution in [2.24, 2.45) is 0 Å². The van der Waals surface area contributed by atoms with E-state index in [-0.39, 0.29) is 17.4 Å². The number of piperazine rings is 1. The number of ether oxygens (including phenoxy) is 1. The highest BCUT2D eigenvalue weighted by Crippen LogP contribution is 2.30. The number of halogens is 1. The first-order valence-electron chi connectivity index (χ1n) is 10.7. The first-order chi connectivity index (χ1) is 15.2. The lowest BCUT2D eigenvalue weighted by atomic mass is 9.99. The molecule has 1 unspecified atom stereocenters. The van der Waals surface area contributed by atoms with Crippen LogP contribution in [0.5, 0.6) is 5.75 Å². The molecule has 0 spiro atoms. The number of carbonyl (C=O) groups is 1. The molecule has 1 aliphatic heterocycles. The van der Waals surface area contributed by atoms with Crippen LogP contribution in [0.2, 0.25) is 0 Å². The van der Waals surface area contributed by atoms with Gasteiger partial charge < -0.3 is 15.0 Å². The number of anilines is 1. The maximum atomic E-state index is 12.8. The zero-order valence-electron chi connectivity index (χ0n) is 18.7. The zero-order chi connectivity index (χ0) is 23.3. The molecule has 3 rings (SSSR count). The molecule has 1 fully saturated rings. The molecule has 9 heteroatoms. The van der Waals surface area contributed by atoms with Crippen LogP contribution in [0.3, 0.4) is 0 Å². The van der Waals surface area contributed by atoms with E-state index in [1.54, 1.807) is 12.1 Å². The van der Waals surface area contributed by atoms with E-state index in [2.05, 4.69) is 40.0 Å². The fourth-order valence-electron chi connectivity index (χ4n) is 3.40. The van der Waals surface area contributed by atoms with Crippen molar-refractivity contribution in [1.82, 2.24) is 9.21 Å². The second-order valence-electron chi connectivity index (χ2n) is 8.07. The summed E-state index contributed by atoms with van der Waals surface area (Å²) in [7, 11) is -1.55. The Morgan fingerprint density at radius 3 is 2.38 bits per heavy atom. The van der Waals surface area contributed by atoms with Gasteiger partial charge in [0.25, 0.3) is 5.91 Å². The van der Waals surface area contributed by atoms with Crippen molar-refractivity contribution in [3.8, 4) is 5.75 Å². The quantitative estimate of drug-likeness (QED) is 0.567. The van der Waals surface area contributed by atoms with Crippen molar-refractivity contribution in [2.45, 2.75) is 31.1 Å². The summed E-state index contributed by atoms with van der Waals surface area (Å²) in [5.41, 5.74) is 1.73. The van der Waals surface area contributed by atoms with Gasteiger partial charge in [-0.1, -0.05) is 19.9 Å². The van der Waals surface area contributed by atoms with Gasteiger partial charge in [-0.2, -0.15) is 4.31 Å². The molecule has 7 nitrogen and oxygen atoms in total. The third-order valence-corrected chi connectivity index (χ3v) is 8.27. The number of sulfonamides is 1. The topological polar surface area (TPSA) is 78.9 Å². The number of likely N-dealkylation sites (N-methyl/N-ethyl adjacent to an activating group) is 1. The van der Waals surface area contributed by atoms with Crippen LogP contribution >= 0.6 is 15.9 Å². The van der Waals surface area contributed by atoms with Gasteiger partial charge in [-0.3, -0.25) is 4.79 Å². The molecule has 1 amide bonds. The van der Waals surface area contributed by atoms with Crippen LogP contribution in [-0.4, -0.2) is 63.4 Å². The minimum absolute atomic E-state index is 0.150. The van der Waals surface area contributed by atoms with Crippen molar-refractivity contribution in [3.05, 3.63) is 52.5 Å². The van der Waals surface area contributed by atoms with Gasteiger partial charge in [-0.05, 0) is 77.3 Å². The lowest BCUT2D eigenvalue weighted by Crippen LogP contribution is -2.46. The lowest BCUT2D eigenvalue weighted by molar-refractivity contribution is -0.118. The SMILES string of the molecule is CCC(C)c1ccc(OCC(=O)Nc2ccc(S(=O)(=O)N3CCN(C)CC3)cc2)c(Br)c1. The van der Waals surface area contributed by atoms with Crippen LogP contribution < -0.4 is 10.1 Å². The van der Waals surface area contributed by atoms with Crippen LogP contribution in [0, 0.1) is 0 Å². The Labute approximate surface area is 198 Å². The minimum Gasteiger partial charge on any atom is -0.483 e. The van der Waals surface area contributed by atoms with E-state index in [4.69, 9.17) is 4.74 Å². The smallest absolute Gasteiger partial charge is 0.262 e. The Morgan fingerprint density at radius 2 is 1.78 bits per heavy atom. The second-order valence-corrected chi connectivity index (χ2v) is 10.9. The Hall–Kier alpha value is -1.94. The van der Waals surface area contributed by atoms with Crippen molar-refractivity contribution in [1.29, 1.82) is 0 Å². The number of hydrogen-bond donors (Lipinski definition) is 1. The predicted octanol–water partition coefficient (Wildman–Crippen LogP) is 3.92. The summed E-state index contributed by atoms with van der Waals surface area (Å²) < 4.78 is 33.5. The van der Waals surface area contributed by atoms with Gasteiger partial charge in [0.15, 0.2) is 6.61 Å². The number of nitrogens with one attached hydrogen (secondary N) is 1.